The summed E-state index contributed by atoms with van der Waals surface area (Å²) in [6.45, 7) is 35.3. The summed E-state index contributed by atoms with van der Waals surface area (Å²) in [7, 11) is -8.90. The molecule has 0 unspecified atom stereocenters. The fourth-order valence-electron chi connectivity index (χ4n) is 5.03. The molecule has 0 aromatic carbocycles. The van der Waals surface area contributed by atoms with Gasteiger partial charge in [-0.1, -0.05) is 0 Å². The highest BCUT2D eigenvalue weighted by Gasteiger charge is 2.46. The minimum Gasteiger partial charge on any atom is -0.437 e. The second-order valence-electron chi connectivity index (χ2n) is 13.2. The summed E-state index contributed by atoms with van der Waals surface area (Å²) in [6.07, 6.45) is 2.18. The molecule has 0 amide bonds. The van der Waals surface area contributed by atoms with Crippen molar-refractivity contribution in [3.63, 3.8) is 0 Å². The van der Waals surface area contributed by atoms with Gasteiger partial charge in [0, 0.05) is 0 Å². The topological polar surface area (TPSA) is 36.9 Å². The molecular weight excluding hydrogens is 475 g/mol. The molecule has 0 saturated heterocycles. The van der Waals surface area contributed by atoms with Gasteiger partial charge in [-0.25, -0.2) is 0 Å². The number of nitrogens with zero attached hydrogens (tertiary/aromatic N) is 1. The van der Waals surface area contributed by atoms with Crippen LogP contribution < -0.4 is 0 Å². The van der Waals surface area contributed by atoms with Crippen LogP contribution in [0.3, 0.4) is 0 Å². The van der Waals surface area contributed by atoms with E-state index in [-0.39, 0.29) is 0 Å². The predicted molar refractivity (Wildman–Crippen MR) is 147 cm³/mol. The SMILES string of the molecule is CC[N+](C)(C[Si](C)(C)O[Si](C)(C)O[Si](C)(C)C)C[Si](C)(C)O[Si](C)(C)O[Si](C)(C)C. The molecule has 0 aromatic rings. The fraction of sp³-hybridized carbons (Fsp3) is 1.00. The Labute approximate surface area is 195 Å². The Morgan fingerprint density at radius 3 is 0.967 bits per heavy atom. The Kier molecular flexibility index (Phi) is 10.5. The summed E-state index contributed by atoms with van der Waals surface area (Å²) in [6, 6.07) is 0. The second kappa shape index (κ2) is 10.2. The van der Waals surface area contributed by atoms with Gasteiger partial charge in [0.25, 0.3) is 0 Å². The van der Waals surface area contributed by atoms with E-state index < -0.39 is 50.4 Å². The molecule has 0 N–H and O–H groups in total. The highest BCUT2D eigenvalue weighted by Crippen LogP contribution is 2.26. The number of hydrogen-bond donors (Lipinski definition) is 0. The summed E-state index contributed by atoms with van der Waals surface area (Å²) < 4.78 is 27.6. The molecule has 182 valence electrons. The van der Waals surface area contributed by atoms with Gasteiger partial charge in [-0.05, 0) is 98.6 Å². The van der Waals surface area contributed by atoms with E-state index in [9.17, 15) is 0 Å². The largest absolute Gasteiger partial charge is 0.437 e. The van der Waals surface area contributed by atoms with Gasteiger partial charge in [-0.2, -0.15) is 0 Å². The summed E-state index contributed by atoms with van der Waals surface area (Å²) in [5.74, 6) is 0. The maximum atomic E-state index is 6.82. The lowest BCUT2D eigenvalue weighted by Gasteiger charge is -2.46. The van der Waals surface area contributed by atoms with E-state index in [0.29, 0.717) is 0 Å². The summed E-state index contributed by atoms with van der Waals surface area (Å²) in [4.78, 5) is 0. The molecule has 0 aliphatic rings. The van der Waals surface area contributed by atoms with E-state index in [0.717, 1.165) is 23.4 Å². The van der Waals surface area contributed by atoms with Gasteiger partial charge in [-0.15, -0.1) is 0 Å². The standard InChI is InChI=1S/C19H54NO4Si6/c1-17-20(2,18-27(9,10)23-29(13,14)21-25(3,4)5)19-28(11,12)24-30(15,16)22-26(6,7)8/h17-19H2,1-16H3/q+1. The molecule has 0 spiro atoms. The molecule has 0 aromatic heterocycles. The van der Waals surface area contributed by atoms with Crippen molar-refractivity contribution >= 4 is 50.4 Å². The zero-order valence-corrected chi connectivity index (χ0v) is 29.2. The highest BCUT2D eigenvalue weighted by atomic mass is 28.5. The van der Waals surface area contributed by atoms with Gasteiger partial charge in [0.2, 0.25) is 16.6 Å². The molecule has 11 heteroatoms. The molecule has 0 saturated carbocycles. The van der Waals surface area contributed by atoms with Crippen molar-refractivity contribution in [2.45, 2.75) is 98.6 Å². The zero-order valence-electron chi connectivity index (χ0n) is 23.2. The third-order valence-corrected chi connectivity index (χ3v) is 24.7. The van der Waals surface area contributed by atoms with Gasteiger partial charge in [0.15, 0.2) is 16.6 Å². The van der Waals surface area contributed by atoms with Crippen LogP contribution in [0.5, 0.6) is 0 Å². The Morgan fingerprint density at radius 2 is 0.767 bits per heavy atom. The summed E-state index contributed by atoms with van der Waals surface area (Å²) >= 11 is 0. The van der Waals surface area contributed by atoms with Gasteiger partial charge in [-0.3, -0.25) is 0 Å². The van der Waals surface area contributed by atoms with Crippen LogP contribution in [-0.2, 0) is 16.5 Å². The van der Waals surface area contributed by atoms with Crippen molar-refractivity contribution in [3.05, 3.63) is 0 Å². The monoisotopic (exact) mass is 528 g/mol. The number of hydrogen-bond acceptors (Lipinski definition) is 4. The lowest BCUT2D eigenvalue weighted by atomic mass is 10.6. The van der Waals surface area contributed by atoms with E-state index in [2.05, 4.69) is 106 Å². The Hall–Kier alpha value is 1.10. The van der Waals surface area contributed by atoms with Crippen LogP contribution in [0.1, 0.15) is 6.92 Å². The maximum Gasteiger partial charge on any atom is 0.311 e. The third kappa shape index (κ3) is 14.3. The van der Waals surface area contributed by atoms with Crippen molar-refractivity contribution in [2.24, 2.45) is 0 Å². The van der Waals surface area contributed by atoms with Crippen LogP contribution in [0.25, 0.3) is 0 Å². The summed E-state index contributed by atoms with van der Waals surface area (Å²) in [5.41, 5.74) is 0. The highest BCUT2D eigenvalue weighted by molar-refractivity contribution is 6.88. The quantitative estimate of drug-likeness (QED) is 0.214. The molecule has 30 heavy (non-hydrogen) atoms. The lowest BCUT2D eigenvalue weighted by molar-refractivity contribution is -0.890. The van der Waals surface area contributed by atoms with Crippen molar-refractivity contribution in [1.82, 2.24) is 0 Å². The minimum absolute atomic E-state index is 1.01. The van der Waals surface area contributed by atoms with Gasteiger partial charge < -0.3 is 20.9 Å². The molecule has 0 atom stereocenters. The molecule has 0 aliphatic carbocycles. The molecule has 0 bridgehead atoms. The number of rotatable bonds is 13. The first-order valence-electron chi connectivity index (χ1n) is 11.4. The summed E-state index contributed by atoms with van der Waals surface area (Å²) in [5, 5.41) is 0. The van der Waals surface area contributed by atoms with Crippen molar-refractivity contribution in [3.8, 4) is 0 Å². The Balaban J connectivity index is 5.34. The average molecular weight is 529 g/mol. The van der Waals surface area contributed by atoms with Crippen molar-refractivity contribution in [1.29, 1.82) is 0 Å². The van der Waals surface area contributed by atoms with Crippen LogP contribution in [0.2, 0.25) is 91.7 Å². The molecule has 0 fully saturated rings. The molecule has 0 radical (unpaired) electrons. The predicted octanol–water partition coefficient (Wildman–Crippen LogP) is 6.08. The Bertz CT molecular complexity index is 512. The van der Waals surface area contributed by atoms with Crippen LogP contribution in [0.4, 0.5) is 0 Å². The van der Waals surface area contributed by atoms with Crippen LogP contribution in [0, 0.1) is 0 Å². The zero-order chi connectivity index (χ0) is 24.4. The minimum atomic E-state index is -2.13. The van der Waals surface area contributed by atoms with E-state index >= 15 is 0 Å². The normalized spacial score (nSPS) is 15.6. The van der Waals surface area contributed by atoms with Crippen molar-refractivity contribution in [2.75, 3.05) is 25.9 Å². The molecule has 0 aliphatic heterocycles. The van der Waals surface area contributed by atoms with Crippen molar-refractivity contribution < 1.29 is 20.9 Å². The first-order chi connectivity index (χ1) is 12.8. The van der Waals surface area contributed by atoms with E-state index in [1.807, 2.05) is 0 Å². The number of quaternary nitrogens is 1. The Morgan fingerprint density at radius 1 is 0.500 bits per heavy atom. The van der Waals surface area contributed by atoms with E-state index in [4.69, 9.17) is 16.5 Å². The first-order valence-corrected chi connectivity index (χ1v) is 30.1. The maximum absolute atomic E-state index is 6.82. The van der Waals surface area contributed by atoms with Gasteiger partial charge in [0.05, 0.1) is 25.9 Å². The van der Waals surface area contributed by atoms with Crippen LogP contribution in [-0.4, -0.2) is 80.8 Å². The fourth-order valence-corrected chi connectivity index (χ4v) is 33.6. The molecule has 0 heterocycles. The van der Waals surface area contributed by atoms with Crippen LogP contribution in [0.15, 0.2) is 0 Å². The molecular formula is C19H54NO4Si6+. The third-order valence-electron chi connectivity index (χ3n) is 4.44. The van der Waals surface area contributed by atoms with Gasteiger partial charge >= 0.3 is 17.1 Å². The molecule has 0 rings (SSSR count). The van der Waals surface area contributed by atoms with Gasteiger partial charge in [0.1, 0.15) is 0 Å². The molecule has 5 nitrogen and oxygen atoms in total. The van der Waals surface area contributed by atoms with E-state index in [1.165, 1.54) is 0 Å². The second-order valence-corrected chi connectivity index (χ2v) is 38.2. The van der Waals surface area contributed by atoms with E-state index in [1.54, 1.807) is 0 Å². The first kappa shape index (κ1) is 31.1. The van der Waals surface area contributed by atoms with Crippen LogP contribution >= 0.6 is 0 Å². The average Bonchev–Trinajstić information content (AvgIpc) is 2.26. The smallest absolute Gasteiger partial charge is 0.311 e. The lowest BCUT2D eigenvalue weighted by Crippen LogP contribution is -2.65.